The van der Waals surface area contributed by atoms with E-state index in [0.717, 1.165) is 16.7 Å². The number of aromatic amines is 1. The van der Waals surface area contributed by atoms with Crippen LogP contribution in [-0.2, 0) is 0 Å². The van der Waals surface area contributed by atoms with Crippen LogP contribution in [0.5, 0.6) is 0 Å². The first-order valence-electron chi connectivity index (χ1n) is 7.09. The van der Waals surface area contributed by atoms with E-state index in [0.29, 0.717) is 16.3 Å². The predicted molar refractivity (Wildman–Crippen MR) is 92.4 cm³/mol. The molecule has 0 saturated heterocycles. The summed E-state index contributed by atoms with van der Waals surface area (Å²) in [4.78, 5) is 15.0. The van der Waals surface area contributed by atoms with Gasteiger partial charge < -0.3 is 4.98 Å². The van der Waals surface area contributed by atoms with E-state index >= 15 is 0 Å². The quantitative estimate of drug-likeness (QED) is 0.753. The van der Waals surface area contributed by atoms with Gasteiger partial charge in [-0.2, -0.15) is 5.26 Å². The zero-order valence-electron chi connectivity index (χ0n) is 12.4. The summed E-state index contributed by atoms with van der Waals surface area (Å²) in [6, 6.07) is 18.7. The largest absolute Gasteiger partial charge is 0.321 e. The molecular formula is C19H13ClN2O. The number of aromatic nitrogens is 1. The van der Waals surface area contributed by atoms with Gasteiger partial charge in [0.1, 0.15) is 11.6 Å². The molecule has 1 aromatic heterocycles. The van der Waals surface area contributed by atoms with E-state index in [2.05, 4.69) is 4.98 Å². The lowest BCUT2D eigenvalue weighted by Crippen LogP contribution is -2.12. The monoisotopic (exact) mass is 320 g/mol. The van der Waals surface area contributed by atoms with Crippen LogP contribution in [0.4, 0.5) is 0 Å². The van der Waals surface area contributed by atoms with Crippen molar-refractivity contribution in [1.82, 2.24) is 4.98 Å². The first kappa shape index (κ1) is 15.1. The minimum atomic E-state index is -0.393. The van der Waals surface area contributed by atoms with Crippen molar-refractivity contribution in [3.63, 3.8) is 0 Å². The molecule has 0 saturated carbocycles. The van der Waals surface area contributed by atoms with Crippen LogP contribution in [0.25, 0.3) is 22.4 Å². The SMILES string of the molecule is Cc1ccc(-c2cc(-c3ccc(Cl)cc3)c(C#N)c(=O)[nH]2)cc1. The van der Waals surface area contributed by atoms with Gasteiger partial charge in [-0.3, -0.25) is 4.79 Å². The standard InChI is InChI=1S/C19H13ClN2O/c1-12-2-4-14(5-3-12)18-10-16(17(11-21)19(23)22-18)13-6-8-15(20)9-7-13/h2-10H,1H3,(H,22,23). The molecule has 0 radical (unpaired) electrons. The number of hydrogen-bond acceptors (Lipinski definition) is 2. The zero-order chi connectivity index (χ0) is 16.4. The smallest absolute Gasteiger partial charge is 0.266 e. The molecule has 1 N–H and O–H groups in total. The first-order chi connectivity index (χ1) is 11.1. The highest BCUT2D eigenvalue weighted by Crippen LogP contribution is 2.27. The number of hydrogen-bond donors (Lipinski definition) is 1. The Morgan fingerprint density at radius 2 is 1.61 bits per heavy atom. The number of benzene rings is 2. The van der Waals surface area contributed by atoms with Gasteiger partial charge in [-0.25, -0.2) is 0 Å². The van der Waals surface area contributed by atoms with Crippen LogP contribution in [0.15, 0.2) is 59.4 Å². The molecule has 3 nitrogen and oxygen atoms in total. The lowest BCUT2D eigenvalue weighted by molar-refractivity contribution is 1.22. The van der Waals surface area contributed by atoms with Crippen molar-refractivity contribution in [1.29, 1.82) is 5.26 Å². The van der Waals surface area contributed by atoms with Gasteiger partial charge in [0.25, 0.3) is 5.56 Å². The van der Waals surface area contributed by atoms with E-state index < -0.39 is 5.56 Å². The number of halogens is 1. The molecule has 4 heteroatoms. The van der Waals surface area contributed by atoms with Crippen LogP contribution in [-0.4, -0.2) is 4.98 Å². The summed E-state index contributed by atoms with van der Waals surface area (Å²) in [6.45, 7) is 2.00. The molecule has 2 aromatic carbocycles. The number of pyridine rings is 1. The summed E-state index contributed by atoms with van der Waals surface area (Å²) in [5.41, 5.74) is 3.81. The second kappa shape index (κ2) is 6.12. The molecule has 112 valence electrons. The van der Waals surface area contributed by atoms with Gasteiger partial charge in [-0.15, -0.1) is 0 Å². The van der Waals surface area contributed by atoms with E-state index in [1.807, 2.05) is 43.3 Å². The Balaban J connectivity index is 2.22. The summed E-state index contributed by atoms with van der Waals surface area (Å²) in [5.74, 6) is 0. The summed E-state index contributed by atoms with van der Waals surface area (Å²) < 4.78 is 0. The third kappa shape index (κ3) is 3.03. The van der Waals surface area contributed by atoms with Gasteiger partial charge in [0, 0.05) is 16.3 Å². The average Bonchev–Trinajstić information content (AvgIpc) is 2.55. The third-order valence-corrected chi connectivity index (χ3v) is 3.91. The number of nitrogens with one attached hydrogen (secondary N) is 1. The van der Waals surface area contributed by atoms with Crippen molar-refractivity contribution < 1.29 is 0 Å². The number of nitrogens with zero attached hydrogens (tertiary/aromatic N) is 1. The van der Waals surface area contributed by atoms with Crippen molar-refractivity contribution in [3.05, 3.63) is 81.1 Å². The second-order valence-electron chi connectivity index (χ2n) is 5.29. The fraction of sp³-hybridized carbons (Fsp3) is 0.0526. The Labute approximate surface area is 138 Å². The van der Waals surface area contributed by atoms with Crippen LogP contribution >= 0.6 is 11.6 Å². The van der Waals surface area contributed by atoms with Crippen LogP contribution < -0.4 is 5.56 Å². The molecule has 3 rings (SSSR count). The van der Waals surface area contributed by atoms with Crippen LogP contribution in [0.1, 0.15) is 11.1 Å². The minimum Gasteiger partial charge on any atom is -0.321 e. The molecule has 0 spiro atoms. The van der Waals surface area contributed by atoms with Gasteiger partial charge in [-0.05, 0) is 36.2 Å². The molecule has 0 aliphatic carbocycles. The molecule has 0 aliphatic rings. The lowest BCUT2D eigenvalue weighted by atomic mass is 9.99. The minimum absolute atomic E-state index is 0.100. The Kier molecular flexibility index (Phi) is 4.01. The number of nitriles is 1. The Morgan fingerprint density at radius 3 is 2.22 bits per heavy atom. The van der Waals surface area contributed by atoms with Gasteiger partial charge in [0.15, 0.2) is 0 Å². The van der Waals surface area contributed by atoms with E-state index in [9.17, 15) is 10.1 Å². The van der Waals surface area contributed by atoms with Crippen LogP contribution in [0.3, 0.4) is 0 Å². The summed E-state index contributed by atoms with van der Waals surface area (Å²) >= 11 is 5.91. The van der Waals surface area contributed by atoms with E-state index in [1.165, 1.54) is 0 Å². The van der Waals surface area contributed by atoms with Crippen LogP contribution in [0, 0.1) is 18.3 Å². The van der Waals surface area contributed by atoms with E-state index in [1.54, 1.807) is 24.3 Å². The topological polar surface area (TPSA) is 56.6 Å². The Morgan fingerprint density at radius 1 is 1.00 bits per heavy atom. The van der Waals surface area contributed by atoms with Gasteiger partial charge in [0.2, 0.25) is 0 Å². The molecule has 0 unspecified atom stereocenters. The van der Waals surface area contributed by atoms with E-state index in [4.69, 9.17) is 11.6 Å². The summed E-state index contributed by atoms with van der Waals surface area (Å²) in [5, 5.41) is 9.92. The van der Waals surface area contributed by atoms with Crippen LogP contribution in [0.2, 0.25) is 5.02 Å². The van der Waals surface area contributed by atoms with Crippen molar-refractivity contribution in [2.24, 2.45) is 0 Å². The highest BCUT2D eigenvalue weighted by atomic mass is 35.5. The molecule has 0 bridgehead atoms. The first-order valence-corrected chi connectivity index (χ1v) is 7.46. The number of rotatable bonds is 2. The second-order valence-corrected chi connectivity index (χ2v) is 5.72. The number of H-pyrrole nitrogens is 1. The maximum atomic E-state index is 12.3. The summed E-state index contributed by atoms with van der Waals surface area (Å²) in [6.07, 6.45) is 0. The highest BCUT2D eigenvalue weighted by molar-refractivity contribution is 6.30. The molecule has 0 fully saturated rings. The van der Waals surface area contributed by atoms with Crippen molar-refractivity contribution >= 4 is 11.6 Å². The van der Waals surface area contributed by atoms with E-state index in [-0.39, 0.29) is 5.56 Å². The number of aryl methyl sites for hydroxylation is 1. The predicted octanol–water partition coefficient (Wildman–Crippen LogP) is 4.54. The molecule has 1 heterocycles. The normalized spacial score (nSPS) is 10.3. The molecular weight excluding hydrogens is 308 g/mol. The van der Waals surface area contributed by atoms with Gasteiger partial charge in [-0.1, -0.05) is 53.6 Å². The fourth-order valence-corrected chi connectivity index (χ4v) is 2.54. The maximum Gasteiger partial charge on any atom is 0.266 e. The maximum absolute atomic E-state index is 12.3. The fourth-order valence-electron chi connectivity index (χ4n) is 2.42. The average molecular weight is 321 g/mol. The lowest BCUT2D eigenvalue weighted by Gasteiger charge is -2.08. The molecule has 0 aliphatic heterocycles. The zero-order valence-corrected chi connectivity index (χ0v) is 13.2. The van der Waals surface area contributed by atoms with Gasteiger partial charge in [0.05, 0.1) is 0 Å². The van der Waals surface area contributed by atoms with Crippen molar-refractivity contribution in [2.75, 3.05) is 0 Å². The highest BCUT2D eigenvalue weighted by Gasteiger charge is 2.12. The molecule has 3 aromatic rings. The Bertz CT molecular complexity index is 949. The van der Waals surface area contributed by atoms with Crippen molar-refractivity contribution in [2.45, 2.75) is 6.92 Å². The molecule has 0 atom stereocenters. The Hall–Kier alpha value is -2.83. The third-order valence-electron chi connectivity index (χ3n) is 3.66. The van der Waals surface area contributed by atoms with Gasteiger partial charge >= 0.3 is 0 Å². The summed E-state index contributed by atoms with van der Waals surface area (Å²) in [7, 11) is 0. The molecule has 0 amide bonds. The molecule has 23 heavy (non-hydrogen) atoms. The van der Waals surface area contributed by atoms with Crippen molar-refractivity contribution in [3.8, 4) is 28.5 Å².